The van der Waals surface area contributed by atoms with E-state index in [1.807, 2.05) is 36.6 Å². The summed E-state index contributed by atoms with van der Waals surface area (Å²) in [5.74, 6) is 0.757. The predicted octanol–water partition coefficient (Wildman–Crippen LogP) is 3.53. The van der Waals surface area contributed by atoms with Gasteiger partial charge in [0.2, 0.25) is 0 Å². The van der Waals surface area contributed by atoms with E-state index in [4.69, 9.17) is 16.3 Å². The second kappa shape index (κ2) is 4.80. The molecule has 0 amide bonds. The fraction of sp³-hybridized carbons (Fsp3) is 0.308. The van der Waals surface area contributed by atoms with Crippen LogP contribution in [0.1, 0.15) is 24.2 Å². The number of hydrogen-bond donors (Lipinski definition) is 0. The molecule has 2 aromatic rings. The second-order valence-corrected chi connectivity index (χ2v) is 4.04. The molecule has 0 aliphatic heterocycles. The smallest absolute Gasteiger partial charge is 0.153 e. The molecule has 0 saturated carbocycles. The fourth-order valence-electron chi connectivity index (χ4n) is 2.01. The molecule has 2 rings (SSSR count). The van der Waals surface area contributed by atoms with Gasteiger partial charge in [-0.25, -0.2) is 0 Å². The van der Waals surface area contributed by atoms with Crippen molar-refractivity contribution in [1.82, 2.24) is 4.57 Å². The second-order valence-electron chi connectivity index (χ2n) is 3.68. The van der Waals surface area contributed by atoms with E-state index in [0.717, 1.165) is 29.5 Å². The standard InChI is InChI=1S/C13H14ClNO2/c1-3-15-12-6-5-9(17-4-2)7-10(12)11(8-16)13(15)14/h5-8H,3-4H2,1-2H3. The molecule has 17 heavy (non-hydrogen) atoms. The quantitative estimate of drug-likeness (QED) is 0.779. The van der Waals surface area contributed by atoms with Gasteiger partial charge in [-0.05, 0) is 32.0 Å². The number of rotatable bonds is 4. The third-order valence-corrected chi connectivity index (χ3v) is 3.16. The molecule has 0 saturated heterocycles. The van der Waals surface area contributed by atoms with Gasteiger partial charge >= 0.3 is 0 Å². The number of aryl methyl sites for hydroxylation is 1. The maximum atomic E-state index is 11.1. The molecule has 0 radical (unpaired) electrons. The van der Waals surface area contributed by atoms with Crippen molar-refractivity contribution >= 4 is 28.8 Å². The maximum Gasteiger partial charge on any atom is 0.153 e. The lowest BCUT2D eigenvalue weighted by atomic mass is 10.2. The summed E-state index contributed by atoms with van der Waals surface area (Å²) in [5, 5.41) is 1.34. The Labute approximate surface area is 105 Å². The zero-order valence-corrected chi connectivity index (χ0v) is 10.6. The third-order valence-electron chi connectivity index (χ3n) is 2.75. The number of carbonyl (C=O) groups excluding carboxylic acids is 1. The monoisotopic (exact) mass is 251 g/mol. The molecule has 0 bridgehead atoms. The molecule has 3 nitrogen and oxygen atoms in total. The Hall–Kier alpha value is -1.48. The predicted molar refractivity (Wildman–Crippen MR) is 69.2 cm³/mol. The number of nitrogens with zero attached hydrogens (tertiary/aromatic N) is 1. The van der Waals surface area contributed by atoms with E-state index in [9.17, 15) is 4.79 Å². The topological polar surface area (TPSA) is 31.2 Å². The Kier molecular flexibility index (Phi) is 3.38. The first-order chi connectivity index (χ1) is 8.22. The van der Waals surface area contributed by atoms with Crippen LogP contribution in [0.15, 0.2) is 18.2 Å². The largest absolute Gasteiger partial charge is 0.494 e. The van der Waals surface area contributed by atoms with E-state index in [-0.39, 0.29) is 0 Å². The number of aldehydes is 1. The average Bonchev–Trinajstić information content (AvgIpc) is 2.60. The van der Waals surface area contributed by atoms with Crippen LogP contribution in [-0.4, -0.2) is 17.5 Å². The van der Waals surface area contributed by atoms with Gasteiger partial charge in [-0.1, -0.05) is 11.6 Å². The first-order valence-electron chi connectivity index (χ1n) is 5.62. The molecular weight excluding hydrogens is 238 g/mol. The number of hydrogen-bond acceptors (Lipinski definition) is 2. The first-order valence-corrected chi connectivity index (χ1v) is 6.00. The third kappa shape index (κ3) is 1.91. The molecule has 90 valence electrons. The van der Waals surface area contributed by atoms with Gasteiger partial charge < -0.3 is 9.30 Å². The first kappa shape index (κ1) is 12.0. The van der Waals surface area contributed by atoms with E-state index >= 15 is 0 Å². The molecule has 0 atom stereocenters. The summed E-state index contributed by atoms with van der Waals surface area (Å²) in [6.45, 7) is 5.26. The lowest BCUT2D eigenvalue weighted by molar-refractivity contribution is 0.112. The minimum absolute atomic E-state index is 0.492. The van der Waals surface area contributed by atoms with Gasteiger partial charge in [0.15, 0.2) is 6.29 Å². The van der Waals surface area contributed by atoms with Crippen LogP contribution in [-0.2, 0) is 6.54 Å². The van der Waals surface area contributed by atoms with E-state index in [0.29, 0.717) is 17.3 Å². The molecule has 0 aliphatic carbocycles. The molecule has 4 heteroatoms. The summed E-state index contributed by atoms with van der Waals surface area (Å²) in [6, 6.07) is 5.69. The highest BCUT2D eigenvalue weighted by Gasteiger charge is 2.14. The molecule has 1 aromatic heterocycles. The van der Waals surface area contributed by atoms with Crippen LogP contribution in [0.3, 0.4) is 0 Å². The van der Waals surface area contributed by atoms with Gasteiger partial charge in [0, 0.05) is 11.9 Å². The summed E-state index contributed by atoms with van der Waals surface area (Å²) in [4.78, 5) is 11.1. The Bertz CT molecular complexity index is 560. The van der Waals surface area contributed by atoms with Crippen molar-refractivity contribution in [2.24, 2.45) is 0 Å². The van der Waals surface area contributed by atoms with Crippen LogP contribution in [0.4, 0.5) is 0 Å². The van der Waals surface area contributed by atoms with Crippen LogP contribution in [0, 0.1) is 0 Å². The summed E-state index contributed by atoms with van der Waals surface area (Å²) in [7, 11) is 0. The Morgan fingerprint density at radius 3 is 2.76 bits per heavy atom. The van der Waals surface area contributed by atoms with Gasteiger partial charge in [0.05, 0.1) is 17.7 Å². The average molecular weight is 252 g/mol. The van der Waals surface area contributed by atoms with E-state index in [1.54, 1.807) is 0 Å². The minimum Gasteiger partial charge on any atom is -0.494 e. The summed E-state index contributed by atoms with van der Waals surface area (Å²) in [5.41, 5.74) is 1.49. The summed E-state index contributed by atoms with van der Waals surface area (Å²) in [6.07, 6.45) is 0.798. The van der Waals surface area contributed by atoms with Crippen molar-refractivity contribution in [2.45, 2.75) is 20.4 Å². The highest BCUT2D eigenvalue weighted by atomic mass is 35.5. The van der Waals surface area contributed by atoms with Gasteiger partial charge in [-0.2, -0.15) is 0 Å². The van der Waals surface area contributed by atoms with E-state index in [2.05, 4.69) is 0 Å². The van der Waals surface area contributed by atoms with Gasteiger partial charge in [0.25, 0.3) is 0 Å². The van der Waals surface area contributed by atoms with Crippen molar-refractivity contribution in [2.75, 3.05) is 6.61 Å². The SMILES string of the molecule is CCOc1ccc2c(c1)c(C=O)c(Cl)n2CC. The summed E-state index contributed by atoms with van der Waals surface area (Å²) >= 11 is 6.17. The van der Waals surface area contributed by atoms with Crippen LogP contribution in [0.5, 0.6) is 5.75 Å². The van der Waals surface area contributed by atoms with Crippen molar-refractivity contribution in [3.63, 3.8) is 0 Å². The fourth-order valence-corrected chi connectivity index (χ4v) is 2.36. The van der Waals surface area contributed by atoms with Crippen molar-refractivity contribution in [3.8, 4) is 5.75 Å². The van der Waals surface area contributed by atoms with Gasteiger partial charge in [-0.3, -0.25) is 4.79 Å². The molecule has 0 N–H and O–H groups in total. The van der Waals surface area contributed by atoms with Crippen molar-refractivity contribution < 1.29 is 9.53 Å². The Morgan fingerprint density at radius 1 is 1.41 bits per heavy atom. The van der Waals surface area contributed by atoms with Crippen LogP contribution < -0.4 is 4.74 Å². The van der Waals surface area contributed by atoms with Crippen LogP contribution >= 0.6 is 11.6 Å². The highest BCUT2D eigenvalue weighted by molar-refractivity contribution is 6.34. The van der Waals surface area contributed by atoms with Crippen LogP contribution in [0.2, 0.25) is 5.15 Å². The van der Waals surface area contributed by atoms with E-state index in [1.165, 1.54) is 0 Å². The number of fused-ring (bicyclic) bond motifs is 1. The number of ether oxygens (including phenoxy) is 1. The van der Waals surface area contributed by atoms with Gasteiger partial charge in [0.1, 0.15) is 10.9 Å². The Morgan fingerprint density at radius 2 is 2.18 bits per heavy atom. The molecule has 0 aliphatic rings. The van der Waals surface area contributed by atoms with Crippen molar-refractivity contribution in [3.05, 3.63) is 28.9 Å². The lowest BCUT2D eigenvalue weighted by Gasteiger charge is -2.04. The Balaban J connectivity index is 2.71. The summed E-state index contributed by atoms with van der Waals surface area (Å²) < 4.78 is 7.34. The van der Waals surface area contributed by atoms with Gasteiger partial charge in [-0.15, -0.1) is 0 Å². The van der Waals surface area contributed by atoms with Crippen LogP contribution in [0.25, 0.3) is 10.9 Å². The molecule has 0 spiro atoms. The molecular formula is C13H14ClNO2. The maximum absolute atomic E-state index is 11.1. The molecule has 0 fully saturated rings. The molecule has 0 unspecified atom stereocenters. The normalized spacial score (nSPS) is 10.8. The lowest BCUT2D eigenvalue weighted by Crippen LogP contribution is -1.94. The zero-order valence-electron chi connectivity index (χ0n) is 9.87. The number of carbonyl (C=O) groups is 1. The van der Waals surface area contributed by atoms with E-state index < -0.39 is 0 Å². The highest BCUT2D eigenvalue weighted by Crippen LogP contribution is 2.31. The number of benzene rings is 1. The minimum atomic E-state index is 0.492. The molecule has 1 aromatic carbocycles. The number of halogens is 1. The number of aromatic nitrogens is 1. The zero-order chi connectivity index (χ0) is 12.4. The van der Waals surface area contributed by atoms with Crippen molar-refractivity contribution in [1.29, 1.82) is 0 Å². The molecule has 1 heterocycles.